The van der Waals surface area contributed by atoms with Crippen molar-refractivity contribution in [2.24, 2.45) is 0 Å². The number of esters is 2. The van der Waals surface area contributed by atoms with Gasteiger partial charge in [0.15, 0.2) is 6.61 Å². The smallest absolute Gasteiger partial charge is 0.337 e. The molecule has 0 unspecified atom stereocenters. The average Bonchev–Trinajstić information content (AvgIpc) is 3.04. The third kappa shape index (κ3) is 6.31. The zero-order chi connectivity index (χ0) is 19.2. The van der Waals surface area contributed by atoms with Crippen LogP contribution in [0.5, 0.6) is 5.75 Å². The zero-order valence-electron chi connectivity index (χ0n) is 15.8. The van der Waals surface area contributed by atoms with Crippen LogP contribution in [0, 0.1) is 0 Å². The molecule has 7 nitrogen and oxygen atoms in total. The number of rotatable bonds is 7. The van der Waals surface area contributed by atoms with Crippen molar-refractivity contribution < 1.29 is 28.6 Å². The molecule has 0 N–H and O–H groups in total. The second-order valence-electron chi connectivity index (χ2n) is 7.12. The van der Waals surface area contributed by atoms with Gasteiger partial charge in [0.2, 0.25) is 0 Å². The standard InChI is InChI=1S/C19H27NO6/c1-19(2,3)26-17(21)13-25-20-11-5-6-15(20)12-24-16-9-7-14(8-10-16)18(22)23-4/h7-10,15H,5-6,11-13H2,1-4H3/t15-/m0/s1. The van der Waals surface area contributed by atoms with E-state index in [2.05, 4.69) is 4.74 Å². The second kappa shape index (κ2) is 9.00. The first kappa shape index (κ1) is 20.2. The molecule has 0 amide bonds. The number of hydroxylamine groups is 2. The number of carbonyl (C=O) groups excluding carboxylic acids is 2. The van der Waals surface area contributed by atoms with Crippen LogP contribution in [0.2, 0.25) is 0 Å². The van der Waals surface area contributed by atoms with Crippen molar-refractivity contribution in [1.29, 1.82) is 0 Å². The van der Waals surface area contributed by atoms with Gasteiger partial charge in [-0.3, -0.25) is 4.84 Å². The molecule has 0 aromatic heterocycles. The molecule has 1 aliphatic rings. The van der Waals surface area contributed by atoms with Crippen LogP contribution in [0.4, 0.5) is 0 Å². The number of carbonyl (C=O) groups is 2. The molecule has 26 heavy (non-hydrogen) atoms. The van der Waals surface area contributed by atoms with E-state index in [0.29, 0.717) is 17.9 Å². The quantitative estimate of drug-likeness (QED) is 0.688. The maximum absolute atomic E-state index is 11.8. The molecule has 7 heteroatoms. The highest BCUT2D eigenvalue weighted by atomic mass is 16.7. The molecule has 2 rings (SSSR count). The van der Waals surface area contributed by atoms with Crippen molar-refractivity contribution in [3.8, 4) is 5.75 Å². The molecule has 1 heterocycles. The van der Waals surface area contributed by atoms with Crippen molar-refractivity contribution in [3.05, 3.63) is 29.8 Å². The van der Waals surface area contributed by atoms with Crippen molar-refractivity contribution in [1.82, 2.24) is 5.06 Å². The van der Waals surface area contributed by atoms with Crippen LogP contribution in [-0.2, 0) is 19.1 Å². The van der Waals surface area contributed by atoms with Gasteiger partial charge in [0.1, 0.15) is 18.0 Å². The molecule has 1 atom stereocenters. The van der Waals surface area contributed by atoms with Crippen LogP contribution in [0.25, 0.3) is 0 Å². The van der Waals surface area contributed by atoms with E-state index < -0.39 is 5.60 Å². The van der Waals surface area contributed by atoms with Crippen molar-refractivity contribution >= 4 is 11.9 Å². The molecule has 1 saturated heterocycles. The fraction of sp³-hybridized carbons (Fsp3) is 0.579. The lowest BCUT2D eigenvalue weighted by Crippen LogP contribution is -2.37. The van der Waals surface area contributed by atoms with Crippen molar-refractivity contribution in [3.63, 3.8) is 0 Å². The average molecular weight is 365 g/mol. The number of nitrogens with zero attached hydrogens (tertiary/aromatic N) is 1. The first-order valence-electron chi connectivity index (χ1n) is 8.71. The molecule has 0 radical (unpaired) electrons. The summed E-state index contributed by atoms with van der Waals surface area (Å²) in [6.07, 6.45) is 1.90. The Morgan fingerprint density at radius 1 is 1.19 bits per heavy atom. The monoisotopic (exact) mass is 365 g/mol. The minimum absolute atomic E-state index is 0.0673. The van der Waals surface area contributed by atoms with Gasteiger partial charge in [-0.1, -0.05) is 0 Å². The molecule has 0 saturated carbocycles. The van der Waals surface area contributed by atoms with E-state index >= 15 is 0 Å². The lowest BCUT2D eigenvalue weighted by atomic mass is 10.2. The summed E-state index contributed by atoms with van der Waals surface area (Å²) >= 11 is 0. The Bertz CT molecular complexity index is 607. The van der Waals surface area contributed by atoms with Crippen molar-refractivity contribution in [2.75, 3.05) is 26.9 Å². The Morgan fingerprint density at radius 3 is 2.50 bits per heavy atom. The Morgan fingerprint density at radius 2 is 1.88 bits per heavy atom. The fourth-order valence-corrected chi connectivity index (χ4v) is 2.65. The summed E-state index contributed by atoms with van der Waals surface area (Å²) in [7, 11) is 1.35. The topological polar surface area (TPSA) is 74.3 Å². The number of methoxy groups -OCH3 is 1. The van der Waals surface area contributed by atoms with E-state index in [0.717, 1.165) is 19.4 Å². The van der Waals surface area contributed by atoms with Gasteiger partial charge in [0.25, 0.3) is 0 Å². The molecular formula is C19H27NO6. The van der Waals surface area contributed by atoms with E-state index in [1.54, 1.807) is 29.3 Å². The summed E-state index contributed by atoms with van der Waals surface area (Å²) in [4.78, 5) is 28.8. The summed E-state index contributed by atoms with van der Waals surface area (Å²) in [6.45, 7) is 6.54. The van der Waals surface area contributed by atoms with Crippen molar-refractivity contribution in [2.45, 2.75) is 45.3 Å². The Kier molecular flexibility index (Phi) is 6.99. The predicted molar refractivity (Wildman–Crippen MR) is 94.8 cm³/mol. The third-order valence-electron chi connectivity index (χ3n) is 3.81. The second-order valence-corrected chi connectivity index (χ2v) is 7.12. The van der Waals surface area contributed by atoms with E-state index in [4.69, 9.17) is 14.3 Å². The summed E-state index contributed by atoms with van der Waals surface area (Å²) < 4.78 is 15.7. The van der Waals surface area contributed by atoms with E-state index in [1.165, 1.54) is 7.11 Å². The summed E-state index contributed by atoms with van der Waals surface area (Å²) in [5.41, 5.74) is -0.0485. The minimum atomic E-state index is -0.523. The number of hydrogen-bond acceptors (Lipinski definition) is 7. The molecule has 0 spiro atoms. The van der Waals surface area contributed by atoms with Crippen LogP contribution in [0.1, 0.15) is 44.0 Å². The highest BCUT2D eigenvalue weighted by Crippen LogP contribution is 2.20. The van der Waals surface area contributed by atoms with Crippen LogP contribution in [0.15, 0.2) is 24.3 Å². The molecular weight excluding hydrogens is 338 g/mol. The first-order valence-corrected chi connectivity index (χ1v) is 8.71. The van der Waals surface area contributed by atoms with Crippen LogP contribution in [0.3, 0.4) is 0 Å². The minimum Gasteiger partial charge on any atom is -0.492 e. The van der Waals surface area contributed by atoms with Crippen LogP contribution >= 0.6 is 0 Å². The summed E-state index contributed by atoms with van der Waals surface area (Å²) in [6, 6.07) is 6.84. The number of hydrogen-bond donors (Lipinski definition) is 0. The van der Waals surface area contributed by atoms with Crippen LogP contribution < -0.4 is 4.74 Å². The molecule has 0 aliphatic carbocycles. The Balaban J connectivity index is 1.79. The predicted octanol–water partition coefficient (Wildman–Crippen LogP) is 2.59. The molecule has 1 fully saturated rings. The van der Waals surface area contributed by atoms with Gasteiger partial charge in [-0.2, -0.15) is 5.06 Å². The highest BCUT2D eigenvalue weighted by Gasteiger charge is 2.27. The van der Waals surface area contributed by atoms with E-state index in [1.807, 2.05) is 20.8 Å². The molecule has 1 aliphatic heterocycles. The summed E-state index contributed by atoms with van der Waals surface area (Å²) in [5, 5.41) is 1.78. The van der Waals surface area contributed by atoms with Gasteiger partial charge in [0, 0.05) is 6.54 Å². The SMILES string of the molecule is COC(=O)c1ccc(OC[C@@H]2CCCN2OCC(=O)OC(C)(C)C)cc1. The number of ether oxygens (including phenoxy) is 3. The van der Waals surface area contributed by atoms with Gasteiger partial charge >= 0.3 is 11.9 Å². The molecule has 1 aromatic carbocycles. The maximum atomic E-state index is 11.8. The normalized spacial score (nSPS) is 17.8. The Labute approximate surface area is 154 Å². The van der Waals surface area contributed by atoms with Gasteiger partial charge in [0.05, 0.1) is 18.7 Å². The van der Waals surface area contributed by atoms with Gasteiger partial charge in [-0.15, -0.1) is 0 Å². The fourth-order valence-electron chi connectivity index (χ4n) is 2.65. The van der Waals surface area contributed by atoms with Gasteiger partial charge in [-0.05, 0) is 57.9 Å². The van der Waals surface area contributed by atoms with Gasteiger partial charge < -0.3 is 14.2 Å². The zero-order valence-corrected chi connectivity index (χ0v) is 15.8. The van der Waals surface area contributed by atoms with E-state index in [9.17, 15) is 9.59 Å². The Hall–Kier alpha value is -2.12. The van der Waals surface area contributed by atoms with Gasteiger partial charge in [-0.25, -0.2) is 9.59 Å². The number of benzene rings is 1. The highest BCUT2D eigenvalue weighted by molar-refractivity contribution is 5.89. The molecule has 144 valence electrons. The third-order valence-corrected chi connectivity index (χ3v) is 3.81. The summed E-state index contributed by atoms with van der Waals surface area (Å²) in [5.74, 6) is -0.104. The molecule has 0 bridgehead atoms. The maximum Gasteiger partial charge on any atom is 0.337 e. The lowest BCUT2D eigenvalue weighted by molar-refractivity contribution is -0.199. The first-order chi connectivity index (χ1) is 12.3. The lowest BCUT2D eigenvalue weighted by Gasteiger charge is -2.25. The van der Waals surface area contributed by atoms with Crippen LogP contribution in [-0.4, -0.2) is 55.5 Å². The largest absolute Gasteiger partial charge is 0.492 e. The molecule has 1 aromatic rings. The van der Waals surface area contributed by atoms with E-state index in [-0.39, 0.29) is 24.6 Å².